The van der Waals surface area contributed by atoms with Crippen LogP contribution < -0.4 is 5.73 Å². The highest BCUT2D eigenvalue weighted by atomic mass is 16.2. The van der Waals surface area contributed by atoms with Gasteiger partial charge in [-0.3, -0.25) is 4.79 Å². The zero-order valence-corrected chi connectivity index (χ0v) is 10.4. The minimum Gasteiger partial charge on any atom is -0.338 e. The Bertz CT molecular complexity index is 218. The van der Waals surface area contributed by atoms with Crippen LogP contribution in [0, 0.1) is 5.41 Å². The van der Waals surface area contributed by atoms with Gasteiger partial charge in [-0.05, 0) is 11.8 Å². The minimum atomic E-state index is -0.441. The monoisotopic (exact) mass is 212 g/mol. The van der Waals surface area contributed by atoms with Crippen molar-refractivity contribution < 1.29 is 4.79 Å². The highest BCUT2D eigenvalue weighted by molar-refractivity contribution is 5.82. The molecule has 1 atom stereocenters. The summed E-state index contributed by atoms with van der Waals surface area (Å²) in [5, 5.41) is 0. The SMILES string of the molecule is C=CCN(CCC)C(=O)[C@H](N)C(C)(C)C. The summed E-state index contributed by atoms with van der Waals surface area (Å²) in [6, 6.07) is -0.441. The first kappa shape index (κ1) is 14.2. The molecule has 0 aromatic carbocycles. The molecule has 0 aromatic heterocycles. The van der Waals surface area contributed by atoms with Gasteiger partial charge in [-0.1, -0.05) is 33.8 Å². The largest absolute Gasteiger partial charge is 0.338 e. The van der Waals surface area contributed by atoms with Gasteiger partial charge in [0.1, 0.15) is 0 Å². The molecule has 0 unspecified atom stereocenters. The zero-order chi connectivity index (χ0) is 12.1. The Balaban J connectivity index is 4.55. The maximum atomic E-state index is 12.0. The van der Waals surface area contributed by atoms with E-state index in [1.54, 1.807) is 11.0 Å². The molecule has 0 aliphatic rings. The molecule has 3 nitrogen and oxygen atoms in total. The van der Waals surface area contributed by atoms with Crippen LogP contribution in [0.1, 0.15) is 34.1 Å². The number of amides is 1. The predicted molar refractivity (Wildman–Crippen MR) is 64.5 cm³/mol. The lowest BCUT2D eigenvalue weighted by Gasteiger charge is -2.31. The first-order chi connectivity index (χ1) is 6.84. The van der Waals surface area contributed by atoms with Crippen LogP contribution in [0.2, 0.25) is 0 Å². The summed E-state index contributed by atoms with van der Waals surface area (Å²) in [6.07, 6.45) is 2.68. The molecule has 0 bridgehead atoms. The molecular formula is C12H24N2O. The molecule has 0 fully saturated rings. The molecule has 0 aromatic rings. The number of hydrogen-bond acceptors (Lipinski definition) is 2. The van der Waals surface area contributed by atoms with Gasteiger partial charge in [-0.15, -0.1) is 6.58 Å². The van der Waals surface area contributed by atoms with Gasteiger partial charge in [0.15, 0.2) is 0 Å². The van der Waals surface area contributed by atoms with E-state index in [1.165, 1.54) is 0 Å². The Morgan fingerprint density at radius 2 is 2.07 bits per heavy atom. The second kappa shape index (κ2) is 5.91. The van der Waals surface area contributed by atoms with Gasteiger partial charge in [0.2, 0.25) is 5.91 Å². The third-order valence-corrected chi connectivity index (χ3v) is 2.35. The predicted octanol–water partition coefficient (Wildman–Crippen LogP) is 1.78. The number of carbonyl (C=O) groups is 1. The molecule has 0 spiro atoms. The molecular weight excluding hydrogens is 188 g/mol. The second-order valence-corrected chi connectivity index (χ2v) is 4.92. The van der Waals surface area contributed by atoms with Crippen LogP contribution in [0.5, 0.6) is 0 Å². The van der Waals surface area contributed by atoms with E-state index in [0.29, 0.717) is 6.54 Å². The molecule has 3 heteroatoms. The molecule has 1 amide bonds. The first-order valence-electron chi connectivity index (χ1n) is 5.49. The van der Waals surface area contributed by atoms with Crippen LogP contribution in [0.4, 0.5) is 0 Å². The Hall–Kier alpha value is -0.830. The van der Waals surface area contributed by atoms with Gasteiger partial charge in [0.25, 0.3) is 0 Å². The van der Waals surface area contributed by atoms with Crippen LogP contribution in [-0.2, 0) is 4.79 Å². The summed E-state index contributed by atoms with van der Waals surface area (Å²) in [7, 11) is 0. The summed E-state index contributed by atoms with van der Waals surface area (Å²) in [5.74, 6) is 0.0178. The van der Waals surface area contributed by atoms with Gasteiger partial charge < -0.3 is 10.6 Å². The maximum Gasteiger partial charge on any atom is 0.240 e. The highest BCUT2D eigenvalue weighted by Crippen LogP contribution is 2.19. The summed E-state index contributed by atoms with van der Waals surface area (Å²) in [6.45, 7) is 13.0. The third kappa shape index (κ3) is 4.47. The number of nitrogens with two attached hydrogens (primary N) is 1. The molecule has 0 saturated heterocycles. The number of nitrogens with zero attached hydrogens (tertiary/aromatic N) is 1. The van der Waals surface area contributed by atoms with E-state index < -0.39 is 6.04 Å². The summed E-state index contributed by atoms with van der Waals surface area (Å²) >= 11 is 0. The maximum absolute atomic E-state index is 12.0. The Morgan fingerprint density at radius 1 is 1.53 bits per heavy atom. The van der Waals surface area contributed by atoms with E-state index in [0.717, 1.165) is 13.0 Å². The number of rotatable bonds is 5. The summed E-state index contributed by atoms with van der Waals surface area (Å²) in [5.41, 5.74) is 5.74. The van der Waals surface area contributed by atoms with Crippen molar-refractivity contribution in [1.29, 1.82) is 0 Å². The first-order valence-corrected chi connectivity index (χ1v) is 5.49. The normalized spacial score (nSPS) is 13.4. The fourth-order valence-electron chi connectivity index (χ4n) is 1.28. The topological polar surface area (TPSA) is 46.3 Å². The van der Waals surface area contributed by atoms with Crippen molar-refractivity contribution in [2.75, 3.05) is 13.1 Å². The van der Waals surface area contributed by atoms with Crippen molar-refractivity contribution in [3.63, 3.8) is 0 Å². The number of carbonyl (C=O) groups excluding carboxylic acids is 1. The summed E-state index contributed by atoms with van der Waals surface area (Å²) in [4.78, 5) is 13.8. The van der Waals surface area contributed by atoms with Crippen LogP contribution in [0.15, 0.2) is 12.7 Å². The third-order valence-electron chi connectivity index (χ3n) is 2.35. The van der Waals surface area contributed by atoms with Gasteiger partial charge in [0, 0.05) is 13.1 Å². The molecule has 15 heavy (non-hydrogen) atoms. The minimum absolute atomic E-state index is 0.0178. The average molecular weight is 212 g/mol. The van der Waals surface area contributed by atoms with E-state index in [9.17, 15) is 4.79 Å². The van der Waals surface area contributed by atoms with Crippen LogP contribution in [0.3, 0.4) is 0 Å². The Morgan fingerprint density at radius 3 is 2.40 bits per heavy atom. The Kier molecular flexibility index (Phi) is 5.58. The second-order valence-electron chi connectivity index (χ2n) is 4.92. The van der Waals surface area contributed by atoms with Gasteiger partial charge in [0.05, 0.1) is 6.04 Å². The molecule has 0 heterocycles. The molecule has 0 radical (unpaired) electrons. The molecule has 0 aliphatic heterocycles. The van der Waals surface area contributed by atoms with E-state index in [2.05, 4.69) is 6.58 Å². The lowest BCUT2D eigenvalue weighted by atomic mass is 9.86. The van der Waals surface area contributed by atoms with Crippen LogP contribution in [0.25, 0.3) is 0 Å². The van der Waals surface area contributed by atoms with E-state index >= 15 is 0 Å². The van der Waals surface area contributed by atoms with Crippen LogP contribution >= 0.6 is 0 Å². The van der Waals surface area contributed by atoms with E-state index in [-0.39, 0.29) is 11.3 Å². The highest BCUT2D eigenvalue weighted by Gasteiger charge is 2.30. The standard InChI is InChI=1S/C12H24N2O/c1-6-8-14(9-7-2)11(15)10(13)12(3,4)5/h6,10H,1,7-9,13H2,2-5H3/t10-/m0/s1. The van der Waals surface area contributed by atoms with Crippen molar-refractivity contribution in [2.24, 2.45) is 11.1 Å². The molecule has 0 rings (SSSR count). The quantitative estimate of drug-likeness (QED) is 0.706. The molecule has 0 aliphatic carbocycles. The van der Waals surface area contributed by atoms with Gasteiger partial charge in [-0.2, -0.15) is 0 Å². The van der Waals surface area contributed by atoms with Crippen molar-refractivity contribution in [2.45, 2.75) is 40.2 Å². The lowest BCUT2D eigenvalue weighted by Crippen LogP contribution is -2.50. The molecule has 0 saturated carbocycles. The fraction of sp³-hybridized carbons (Fsp3) is 0.750. The van der Waals surface area contributed by atoms with Crippen molar-refractivity contribution in [3.05, 3.63) is 12.7 Å². The van der Waals surface area contributed by atoms with Gasteiger partial charge >= 0.3 is 0 Å². The lowest BCUT2D eigenvalue weighted by molar-refractivity contribution is -0.134. The summed E-state index contributed by atoms with van der Waals surface area (Å²) < 4.78 is 0. The van der Waals surface area contributed by atoms with E-state index in [1.807, 2.05) is 27.7 Å². The fourth-order valence-corrected chi connectivity index (χ4v) is 1.28. The molecule has 88 valence electrons. The van der Waals surface area contributed by atoms with Crippen molar-refractivity contribution >= 4 is 5.91 Å². The Labute approximate surface area is 93.3 Å². The smallest absolute Gasteiger partial charge is 0.240 e. The zero-order valence-electron chi connectivity index (χ0n) is 10.4. The van der Waals surface area contributed by atoms with Crippen molar-refractivity contribution in [3.8, 4) is 0 Å². The number of hydrogen-bond donors (Lipinski definition) is 1. The van der Waals surface area contributed by atoms with Crippen molar-refractivity contribution in [1.82, 2.24) is 4.90 Å². The average Bonchev–Trinajstić information content (AvgIpc) is 2.14. The van der Waals surface area contributed by atoms with E-state index in [4.69, 9.17) is 5.73 Å². The van der Waals surface area contributed by atoms with Crippen LogP contribution in [-0.4, -0.2) is 29.9 Å². The van der Waals surface area contributed by atoms with Gasteiger partial charge in [-0.25, -0.2) is 0 Å². The molecule has 2 N–H and O–H groups in total.